The van der Waals surface area contributed by atoms with Crippen molar-refractivity contribution in [3.05, 3.63) is 71.3 Å². The zero-order chi connectivity index (χ0) is 18.4. The fraction of sp³-hybridized carbons (Fsp3) is 0.333. The Kier molecular flexibility index (Phi) is 5.97. The fourth-order valence-electron chi connectivity index (χ4n) is 2.35. The highest BCUT2D eigenvalue weighted by atomic mass is 16.5. The van der Waals surface area contributed by atoms with Crippen molar-refractivity contribution in [2.75, 3.05) is 0 Å². The van der Waals surface area contributed by atoms with Crippen molar-refractivity contribution >= 4 is 11.9 Å². The molecule has 2 rings (SSSR count). The van der Waals surface area contributed by atoms with E-state index in [0.29, 0.717) is 12.0 Å². The molecule has 0 heterocycles. The molecule has 2 aromatic carbocycles. The molecule has 1 unspecified atom stereocenters. The summed E-state index contributed by atoms with van der Waals surface area (Å²) in [6.07, 6.45) is -0.546. The summed E-state index contributed by atoms with van der Waals surface area (Å²) in [6, 6.07) is 16.6. The smallest absolute Gasteiger partial charge is 0.338 e. The highest BCUT2D eigenvalue weighted by molar-refractivity contribution is 5.92. The number of hydrogen-bond donors (Lipinski definition) is 1. The quantitative estimate of drug-likeness (QED) is 0.846. The summed E-state index contributed by atoms with van der Waals surface area (Å²) in [4.78, 5) is 25.0. The first-order valence-corrected chi connectivity index (χ1v) is 8.38. The molecule has 132 valence electrons. The topological polar surface area (TPSA) is 55.4 Å². The zero-order valence-electron chi connectivity index (χ0n) is 15.2. The molecule has 1 amide bonds. The van der Waals surface area contributed by atoms with Crippen molar-refractivity contribution in [2.24, 2.45) is 0 Å². The molecule has 4 heteroatoms. The molecule has 0 aliphatic rings. The molecule has 0 aliphatic carbocycles. The first-order chi connectivity index (χ1) is 11.7. The maximum Gasteiger partial charge on any atom is 0.338 e. The van der Waals surface area contributed by atoms with E-state index < -0.39 is 17.6 Å². The van der Waals surface area contributed by atoms with Gasteiger partial charge < -0.3 is 10.1 Å². The first kappa shape index (κ1) is 18.7. The second-order valence-electron chi connectivity index (χ2n) is 7.19. The van der Waals surface area contributed by atoms with E-state index in [1.807, 2.05) is 70.2 Å². The van der Waals surface area contributed by atoms with E-state index in [-0.39, 0.29) is 5.91 Å². The van der Waals surface area contributed by atoms with Gasteiger partial charge in [0.05, 0.1) is 5.56 Å². The molecule has 0 saturated heterocycles. The van der Waals surface area contributed by atoms with Crippen LogP contribution in [-0.2, 0) is 16.0 Å². The van der Waals surface area contributed by atoms with Crippen LogP contribution in [0.3, 0.4) is 0 Å². The zero-order valence-corrected chi connectivity index (χ0v) is 15.2. The SMILES string of the molecule is Cc1ccc(C(=O)OC(Cc2ccccc2)C(=O)NC(C)(C)C)cc1. The molecule has 0 fully saturated rings. The minimum atomic E-state index is -0.879. The summed E-state index contributed by atoms with van der Waals surface area (Å²) in [6.45, 7) is 7.63. The molecule has 4 nitrogen and oxygen atoms in total. The predicted molar refractivity (Wildman–Crippen MR) is 98.4 cm³/mol. The highest BCUT2D eigenvalue weighted by Crippen LogP contribution is 2.12. The molecule has 1 atom stereocenters. The number of benzene rings is 2. The third kappa shape index (κ3) is 6.07. The van der Waals surface area contributed by atoms with E-state index in [1.54, 1.807) is 12.1 Å². The molecule has 0 saturated carbocycles. The number of carbonyl (C=O) groups excluding carboxylic acids is 2. The Bertz CT molecular complexity index is 715. The molecular weight excluding hydrogens is 314 g/mol. The number of nitrogens with one attached hydrogen (secondary N) is 1. The Hall–Kier alpha value is -2.62. The second-order valence-corrected chi connectivity index (χ2v) is 7.19. The molecule has 0 aliphatic heterocycles. The molecule has 0 aromatic heterocycles. The third-order valence-electron chi connectivity index (χ3n) is 3.59. The van der Waals surface area contributed by atoms with Gasteiger partial charge in [-0.2, -0.15) is 0 Å². The summed E-state index contributed by atoms with van der Waals surface area (Å²) in [7, 11) is 0. The molecule has 1 N–H and O–H groups in total. The van der Waals surface area contributed by atoms with Gasteiger partial charge in [-0.3, -0.25) is 4.79 Å². The molecule has 0 spiro atoms. The molecule has 2 aromatic rings. The number of esters is 1. The fourth-order valence-corrected chi connectivity index (χ4v) is 2.35. The number of amides is 1. The van der Waals surface area contributed by atoms with Gasteiger partial charge in [-0.1, -0.05) is 48.0 Å². The standard InChI is InChI=1S/C21H25NO3/c1-15-10-12-17(13-11-15)20(24)25-18(19(23)22-21(2,3)4)14-16-8-6-5-7-9-16/h5-13,18H,14H2,1-4H3,(H,22,23). The minimum Gasteiger partial charge on any atom is -0.448 e. The van der Waals surface area contributed by atoms with Crippen LogP contribution in [0.4, 0.5) is 0 Å². The number of rotatable bonds is 5. The van der Waals surface area contributed by atoms with Gasteiger partial charge in [0.2, 0.25) is 0 Å². The Morgan fingerprint density at radius 1 is 1.00 bits per heavy atom. The van der Waals surface area contributed by atoms with E-state index in [2.05, 4.69) is 5.32 Å². The van der Waals surface area contributed by atoms with Crippen molar-refractivity contribution in [3.63, 3.8) is 0 Å². The van der Waals surface area contributed by atoms with Crippen LogP contribution in [0, 0.1) is 6.92 Å². The number of hydrogen-bond acceptors (Lipinski definition) is 3. The number of ether oxygens (including phenoxy) is 1. The average Bonchev–Trinajstić information content (AvgIpc) is 2.54. The first-order valence-electron chi connectivity index (χ1n) is 8.38. The Morgan fingerprint density at radius 3 is 2.16 bits per heavy atom. The van der Waals surface area contributed by atoms with Gasteiger partial charge in [0.15, 0.2) is 6.10 Å². The van der Waals surface area contributed by atoms with Crippen molar-refractivity contribution in [2.45, 2.75) is 45.8 Å². The summed E-state index contributed by atoms with van der Waals surface area (Å²) in [5, 5.41) is 2.89. The van der Waals surface area contributed by atoms with Crippen LogP contribution in [0.25, 0.3) is 0 Å². The normalized spacial score (nSPS) is 12.3. The van der Waals surface area contributed by atoms with Gasteiger partial charge in [0.1, 0.15) is 0 Å². The lowest BCUT2D eigenvalue weighted by atomic mass is 10.0. The lowest BCUT2D eigenvalue weighted by Crippen LogP contribution is -2.48. The molecule has 0 radical (unpaired) electrons. The van der Waals surface area contributed by atoms with E-state index >= 15 is 0 Å². The Morgan fingerprint density at radius 2 is 1.60 bits per heavy atom. The number of aryl methyl sites for hydroxylation is 1. The van der Waals surface area contributed by atoms with Crippen LogP contribution < -0.4 is 5.32 Å². The van der Waals surface area contributed by atoms with Gasteiger partial charge >= 0.3 is 5.97 Å². The van der Waals surface area contributed by atoms with E-state index in [0.717, 1.165) is 11.1 Å². The van der Waals surface area contributed by atoms with Crippen LogP contribution in [0.2, 0.25) is 0 Å². The largest absolute Gasteiger partial charge is 0.448 e. The van der Waals surface area contributed by atoms with Crippen LogP contribution in [-0.4, -0.2) is 23.5 Å². The molecule has 0 bridgehead atoms. The lowest BCUT2D eigenvalue weighted by molar-refractivity contribution is -0.131. The third-order valence-corrected chi connectivity index (χ3v) is 3.59. The van der Waals surface area contributed by atoms with E-state index in [9.17, 15) is 9.59 Å². The molecule has 25 heavy (non-hydrogen) atoms. The lowest BCUT2D eigenvalue weighted by Gasteiger charge is -2.25. The summed E-state index contributed by atoms with van der Waals surface area (Å²) in [5.74, 6) is -0.790. The minimum absolute atomic E-state index is 0.295. The molecular formula is C21H25NO3. The van der Waals surface area contributed by atoms with Crippen LogP contribution in [0.1, 0.15) is 42.3 Å². The Labute approximate surface area is 149 Å². The Balaban J connectivity index is 2.16. The monoisotopic (exact) mass is 339 g/mol. The maximum atomic E-state index is 12.6. The summed E-state index contributed by atoms with van der Waals surface area (Å²) >= 11 is 0. The maximum absolute atomic E-state index is 12.6. The van der Waals surface area contributed by atoms with Crippen molar-refractivity contribution in [3.8, 4) is 0 Å². The highest BCUT2D eigenvalue weighted by Gasteiger charge is 2.27. The second kappa shape index (κ2) is 7.97. The van der Waals surface area contributed by atoms with Crippen LogP contribution in [0.5, 0.6) is 0 Å². The van der Waals surface area contributed by atoms with Gasteiger partial charge in [-0.05, 0) is 45.4 Å². The van der Waals surface area contributed by atoms with Crippen molar-refractivity contribution in [1.82, 2.24) is 5.32 Å². The van der Waals surface area contributed by atoms with E-state index in [4.69, 9.17) is 4.74 Å². The van der Waals surface area contributed by atoms with Crippen LogP contribution in [0.15, 0.2) is 54.6 Å². The van der Waals surface area contributed by atoms with Crippen LogP contribution >= 0.6 is 0 Å². The van der Waals surface area contributed by atoms with Gasteiger partial charge in [-0.25, -0.2) is 4.79 Å². The van der Waals surface area contributed by atoms with Gasteiger partial charge in [-0.15, -0.1) is 0 Å². The van der Waals surface area contributed by atoms with Gasteiger partial charge in [0.25, 0.3) is 5.91 Å². The predicted octanol–water partition coefficient (Wildman–Crippen LogP) is 3.68. The van der Waals surface area contributed by atoms with Crippen molar-refractivity contribution in [1.29, 1.82) is 0 Å². The summed E-state index contributed by atoms with van der Waals surface area (Å²) < 4.78 is 5.54. The van der Waals surface area contributed by atoms with Gasteiger partial charge in [0, 0.05) is 12.0 Å². The average molecular weight is 339 g/mol. The summed E-state index contributed by atoms with van der Waals surface area (Å²) in [5.41, 5.74) is 2.03. The number of carbonyl (C=O) groups is 2. The van der Waals surface area contributed by atoms with Crippen molar-refractivity contribution < 1.29 is 14.3 Å². The van der Waals surface area contributed by atoms with E-state index in [1.165, 1.54) is 0 Å².